The van der Waals surface area contributed by atoms with Crippen molar-refractivity contribution in [1.82, 2.24) is 4.90 Å². The molecule has 0 radical (unpaired) electrons. The Morgan fingerprint density at radius 1 is 0.750 bits per heavy atom. The minimum Gasteiger partial charge on any atom is -0.276 e. The number of carbonyl (C=O) groups is 2. The van der Waals surface area contributed by atoms with Crippen molar-refractivity contribution in [2.75, 3.05) is 0 Å². The molecule has 0 N–H and O–H groups in total. The molecule has 9 rings (SSSR count). The van der Waals surface area contributed by atoms with E-state index in [1.807, 2.05) is 4.90 Å². The quantitative estimate of drug-likeness (QED) is 0.549. The average molecular weight is 323 g/mol. The monoisotopic (exact) mass is 323 g/mol. The number of hydrogen-bond donors (Lipinski definition) is 0. The first-order chi connectivity index (χ1) is 11.6. The average Bonchev–Trinajstić information content (AvgIpc) is 3.30. The lowest BCUT2D eigenvalue weighted by Crippen LogP contribution is -2.62. The predicted octanol–water partition coefficient (Wildman–Crippen LogP) is 3.01. The molecule has 3 heteroatoms. The van der Waals surface area contributed by atoms with Crippen LogP contribution in [0.1, 0.15) is 44.9 Å². The van der Waals surface area contributed by atoms with E-state index in [9.17, 15) is 9.59 Å². The van der Waals surface area contributed by atoms with Crippen molar-refractivity contribution < 1.29 is 9.59 Å². The molecule has 6 atom stereocenters. The molecule has 0 aromatic carbocycles. The maximum absolute atomic E-state index is 13.5. The van der Waals surface area contributed by atoms with E-state index in [-0.39, 0.29) is 29.2 Å². The number of allylic oxidation sites excluding steroid dienone is 2. The van der Waals surface area contributed by atoms with Gasteiger partial charge in [-0.3, -0.25) is 14.5 Å². The second-order valence-electron chi connectivity index (χ2n) is 10.3. The van der Waals surface area contributed by atoms with Crippen LogP contribution in [0.3, 0.4) is 0 Å². The molecule has 24 heavy (non-hydrogen) atoms. The van der Waals surface area contributed by atoms with Gasteiger partial charge >= 0.3 is 0 Å². The van der Waals surface area contributed by atoms with Crippen LogP contribution in [0.15, 0.2) is 12.2 Å². The highest BCUT2D eigenvalue weighted by atomic mass is 16.2. The Balaban J connectivity index is 1.32. The van der Waals surface area contributed by atoms with Gasteiger partial charge in [0, 0.05) is 0 Å². The van der Waals surface area contributed by atoms with Gasteiger partial charge in [0.15, 0.2) is 0 Å². The summed E-state index contributed by atoms with van der Waals surface area (Å²) in [6.07, 6.45) is 13.3. The molecule has 0 unspecified atom stereocenters. The van der Waals surface area contributed by atoms with Crippen molar-refractivity contribution in [2.24, 2.45) is 53.3 Å². The second-order valence-corrected chi connectivity index (χ2v) is 10.3. The number of nitrogens with zero attached hydrogens (tertiary/aromatic N) is 1. The molecule has 3 nitrogen and oxygen atoms in total. The minimum atomic E-state index is -0.0795. The number of rotatable bonds is 1. The summed E-state index contributed by atoms with van der Waals surface area (Å²) in [6, 6.07) is 0. The Kier molecular flexibility index (Phi) is 2.10. The third kappa shape index (κ3) is 1.33. The first-order valence-corrected chi connectivity index (χ1v) is 10.2. The molecule has 1 aliphatic heterocycles. The van der Waals surface area contributed by atoms with Crippen molar-refractivity contribution in [3.8, 4) is 0 Å². The van der Waals surface area contributed by atoms with Gasteiger partial charge in [-0.1, -0.05) is 12.2 Å². The fraction of sp³-hybridized carbons (Fsp3) is 0.810. The molecule has 9 aliphatic rings. The number of hydrogen-bond acceptors (Lipinski definition) is 2. The summed E-state index contributed by atoms with van der Waals surface area (Å²) in [5, 5.41) is 0. The van der Waals surface area contributed by atoms with Crippen LogP contribution in [0.5, 0.6) is 0 Å². The fourth-order valence-corrected chi connectivity index (χ4v) is 8.76. The molecule has 1 heterocycles. The zero-order valence-electron chi connectivity index (χ0n) is 14.1. The third-order valence-corrected chi connectivity index (χ3v) is 9.14. The highest BCUT2D eigenvalue weighted by Crippen LogP contribution is 2.67. The van der Waals surface area contributed by atoms with Crippen molar-refractivity contribution in [3.63, 3.8) is 0 Å². The molecule has 6 saturated carbocycles. The largest absolute Gasteiger partial charge is 0.276 e. The van der Waals surface area contributed by atoms with E-state index in [1.54, 1.807) is 0 Å². The third-order valence-electron chi connectivity index (χ3n) is 9.14. The van der Waals surface area contributed by atoms with Gasteiger partial charge in [0.2, 0.25) is 11.8 Å². The van der Waals surface area contributed by atoms with E-state index in [4.69, 9.17) is 0 Å². The lowest BCUT2D eigenvalue weighted by molar-refractivity contribution is -0.159. The molecule has 126 valence electrons. The highest BCUT2D eigenvalue weighted by molar-refractivity contribution is 6.07. The summed E-state index contributed by atoms with van der Waals surface area (Å²) >= 11 is 0. The summed E-state index contributed by atoms with van der Waals surface area (Å²) in [4.78, 5) is 28.9. The van der Waals surface area contributed by atoms with Gasteiger partial charge in [0.25, 0.3) is 0 Å². The standard InChI is InChI=1S/C21H25NO2/c23-19-17-13-1-2-14(16-6-15(13)16)18(17)20(24)22(19)21-7-10-3-11(8-21)5-12(4-10)9-21/h1-2,10-18H,3-9H2/t10?,11?,12?,13-,14-,15-,16-,17+,18+,21?/m1/s1. The SMILES string of the molecule is O=C1[C@H]2[C@@H]3C=C[C@H]([C@H]4C[C@H]34)[C@@H]2C(=O)N1C12CC3CC(CC(C3)C1)C2. The lowest BCUT2D eigenvalue weighted by atomic mass is 9.52. The zero-order chi connectivity index (χ0) is 15.8. The molecular weight excluding hydrogens is 298 g/mol. The van der Waals surface area contributed by atoms with Crippen LogP contribution in [0, 0.1) is 53.3 Å². The van der Waals surface area contributed by atoms with Gasteiger partial charge in [0.1, 0.15) is 0 Å². The maximum atomic E-state index is 13.5. The summed E-state index contributed by atoms with van der Waals surface area (Å²) in [5.41, 5.74) is -0.0795. The van der Waals surface area contributed by atoms with Crippen LogP contribution in [0.25, 0.3) is 0 Å². The molecule has 0 spiro atoms. The molecule has 2 amide bonds. The van der Waals surface area contributed by atoms with Gasteiger partial charge in [0.05, 0.1) is 17.4 Å². The van der Waals surface area contributed by atoms with Gasteiger partial charge in [-0.05, 0) is 86.4 Å². The topological polar surface area (TPSA) is 37.4 Å². The Labute approximate surface area is 142 Å². The molecule has 8 aliphatic carbocycles. The normalized spacial score (nSPS) is 61.5. The van der Waals surface area contributed by atoms with E-state index < -0.39 is 0 Å². The number of carbonyl (C=O) groups excluding carboxylic acids is 2. The molecule has 0 aromatic rings. The maximum Gasteiger partial charge on any atom is 0.234 e. The van der Waals surface area contributed by atoms with Gasteiger partial charge in [-0.2, -0.15) is 0 Å². The predicted molar refractivity (Wildman–Crippen MR) is 87.5 cm³/mol. The van der Waals surface area contributed by atoms with Gasteiger partial charge in [-0.25, -0.2) is 0 Å². The summed E-state index contributed by atoms with van der Waals surface area (Å²) in [7, 11) is 0. The van der Waals surface area contributed by atoms with Crippen LogP contribution in [0.4, 0.5) is 0 Å². The van der Waals surface area contributed by atoms with E-state index in [0.717, 1.165) is 37.0 Å². The van der Waals surface area contributed by atoms with Crippen molar-refractivity contribution in [1.29, 1.82) is 0 Å². The Morgan fingerprint density at radius 2 is 1.21 bits per heavy atom. The van der Waals surface area contributed by atoms with Gasteiger partial charge < -0.3 is 0 Å². The highest BCUT2D eigenvalue weighted by Gasteiger charge is 2.70. The first-order valence-electron chi connectivity index (χ1n) is 10.2. The Hall–Kier alpha value is -1.12. The van der Waals surface area contributed by atoms with E-state index >= 15 is 0 Å². The molecular formula is C21H25NO2. The molecule has 7 fully saturated rings. The van der Waals surface area contributed by atoms with E-state index in [0.29, 0.717) is 23.7 Å². The number of imide groups is 1. The molecule has 0 aromatic heterocycles. The Morgan fingerprint density at radius 3 is 1.67 bits per heavy atom. The molecule has 1 saturated heterocycles. The van der Waals surface area contributed by atoms with Crippen molar-refractivity contribution in [2.45, 2.75) is 50.5 Å². The van der Waals surface area contributed by atoms with Crippen LogP contribution in [-0.2, 0) is 9.59 Å². The molecule has 6 bridgehead atoms. The van der Waals surface area contributed by atoms with Crippen molar-refractivity contribution in [3.05, 3.63) is 12.2 Å². The van der Waals surface area contributed by atoms with Crippen LogP contribution >= 0.6 is 0 Å². The fourth-order valence-electron chi connectivity index (χ4n) is 8.76. The summed E-state index contributed by atoms with van der Waals surface area (Å²) in [5.74, 6) is 5.00. The van der Waals surface area contributed by atoms with E-state index in [2.05, 4.69) is 12.2 Å². The second kappa shape index (κ2) is 3.83. The smallest absolute Gasteiger partial charge is 0.234 e. The van der Waals surface area contributed by atoms with E-state index in [1.165, 1.54) is 25.7 Å². The van der Waals surface area contributed by atoms with Crippen molar-refractivity contribution >= 4 is 11.8 Å². The van der Waals surface area contributed by atoms with Crippen LogP contribution in [-0.4, -0.2) is 22.3 Å². The van der Waals surface area contributed by atoms with Crippen LogP contribution in [0.2, 0.25) is 0 Å². The Bertz CT molecular complexity index is 637. The summed E-state index contributed by atoms with van der Waals surface area (Å²) in [6.45, 7) is 0. The van der Waals surface area contributed by atoms with Crippen LogP contribution < -0.4 is 0 Å². The number of amides is 2. The summed E-state index contributed by atoms with van der Waals surface area (Å²) < 4.78 is 0. The number of likely N-dealkylation sites (tertiary alicyclic amines) is 1. The lowest BCUT2D eigenvalue weighted by Gasteiger charge is -2.59. The van der Waals surface area contributed by atoms with Gasteiger partial charge in [-0.15, -0.1) is 0 Å². The first kappa shape index (κ1) is 13.1. The minimum absolute atomic E-state index is 0.00394. The zero-order valence-corrected chi connectivity index (χ0v) is 14.1.